The highest BCUT2D eigenvalue weighted by atomic mass is 32.1. The van der Waals surface area contributed by atoms with E-state index in [1.54, 1.807) is 0 Å². The maximum atomic E-state index is 12.2. The summed E-state index contributed by atoms with van der Waals surface area (Å²) in [5.74, 6) is -1.68. The molecule has 0 unspecified atom stereocenters. The van der Waals surface area contributed by atoms with Gasteiger partial charge in [0.05, 0.1) is 0 Å². The van der Waals surface area contributed by atoms with Crippen LogP contribution >= 0.6 is 45.3 Å². The van der Waals surface area contributed by atoms with Gasteiger partial charge in [0, 0.05) is 29.3 Å². The topological polar surface area (TPSA) is 74.6 Å². The van der Waals surface area contributed by atoms with Gasteiger partial charge in [-0.2, -0.15) is 0 Å². The highest BCUT2D eigenvalue weighted by Crippen LogP contribution is 2.49. The monoisotopic (exact) mass is 754 g/mol. The average molecular weight is 755 g/mol. The van der Waals surface area contributed by atoms with Crippen molar-refractivity contribution in [3.05, 3.63) is 56.3 Å². The number of aryl methyl sites for hydroxylation is 4. The molecular weight excluding hydrogens is 697 g/mol. The predicted octanol–water partition coefficient (Wildman–Crippen LogP) is 14.8. The van der Waals surface area contributed by atoms with E-state index in [1.807, 2.05) is 34.8 Å². The highest BCUT2D eigenvalue weighted by Gasteiger charge is 2.24. The number of hydrogen-bond acceptors (Lipinski definition) is 6. The van der Waals surface area contributed by atoms with E-state index < -0.39 is 11.9 Å². The molecule has 4 aromatic rings. The summed E-state index contributed by atoms with van der Waals surface area (Å²) < 4.78 is 0. The van der Waals surface area contributed by atoms with Gasteiger partial charge in [-0.25, -0.2) is 9.59 Å². The molecule has 8 heteroatoms. The van der Waals surface area contributed by atoms with E-state index in [0.29, 0.717) is 9.75 Å². The first-order valence-corrected chi connectivity index (χ1v) is 22.6. The number of rotatable bonds is 25. The summed E-state index contributed by atoms with van der Waals surface area (Å²) in [5, 5.41) is 20.0. The summed E-state index contributed by atoms with van der Waals surface area (Å²) in [4.78, 5) is 32.5. The van der Waals surface area contributed by atoms with Gasteiger partial charge in [0.2, 0.25) is 0 Å². The lowest BCUT2D eigenvalue weighted by molar-refractivity contribution is 0.0691. The third-order valence-electron chi connectivity index (χ3n) is 9.51. The van der Waals surface area contributed by atoms with Crippen molar-refractivity contribution >= 4 is 57.3 Å². The number of unbranched alkanes of at least 4 members (excludes halogenated alkanes) is 12. The molecule has 0 aliphatic rings. The Labute approximate surface area is 317 Å². The molecule has 274 valence electrons. The van der Waals surface area contributed by atoms with Gasteiger partial charge in [0.15, 0.2) is 0 Å². The van der Waals surface area contributed by atoms with Crippen LogP contribution < -0.4 is 0 Å². The zero-order chi connectivity index (χ0) is 35.9. The first-order chi connectivity index (χ1) is 24.3. The third kappa shape index (κ3) is 11.4. The fourth-order valence-electron chi connectivity index (χ4n) is 6.65. The van der Waals surface area contributed by atoms with E-state index in [2.05, 4.69) is 39.8 Å². The van der Waals surface area contributed by atoms with Gasteiger partial charge in [-0.1, -0.05) is 105 Å². The van der Waals surface area contributed by atoms with Crippen LogP contribution in [0.5, 0.6) is 0 Å². The van der Waals surface area contributed by atoms with Crippen LogP contribution in [0.2, 0.25) is 0 Å². The highest BCUT2D eigenvalue weighted by molar-refractivity contribution is 7.29. The summed E-state index contributed by atoms with van der Waals surface area (Å²) in [6, 6.07) is 8.66. The molecule has 0 fully saturated rings. The van der Waals surface area contributed by atoms with Crippen molar-refractivity contribution in [1.29, 1.82) is 0 Å². The Balaban J connectivity index is 1.79. The molecule has 50 heavy (non-hydrogen) atoms. The van der Waals surface area contributed by atoms with E-state index in [1.165, 1.54) is 141 Å². The van der Waals surface area contributed by atoms with Crippen LogP contribution in [0.15, 0.2) is 24.3 Å². The Kier molecular flexibility index (Phi) is 17.3. The predicted molar refractivity (Wildman–Crippen MR) is 220 cm³/mol. The Morgan fingerprint density at radius 1 is 0.420 bits per heavy atom. The Bertz CT molecular complexity index is 1510. The molecule has 4 aromatic heterocycles. The van der Waals surface area contributed by atoms with Crippen molar-refractivity contribution in [2.24, 2.45) is 0 Å². The summed E-state index contributed by atoms with van der Waals surface area (Å²) in [5.41, 5.74) is 5.05. The van der Waals surface area contributed by atoms with Crippen molar-refractivity contribution < 1.29 is 19.8 Å². The molecule has 0 aliphatic heterocycles. The molecule has 0 spiro atoms. The van der Waals surface area contributed by atoms with Crippen molar-refractivity contribution in [1.82, 2.24) is 0 Å². The molecule has 0 radical (unpaired) electrons. The van der Waals surface area contributed by atoms with E-state index in [4.69, 9.17) is 0 Å². The molecule has 0 saturated carbocycles. The fraction of sp³-hybridized carbons (Fsp3) is 0.571. The second-order valence-electron chi connectivity index (χ2n) is 13.7. The summed E-state index contributed by atoms with van der Waals surface area (Å²) in [6.07, 6.45) is 22.6. The van der Waals surface area contributed by atoms with Gasteiger partial charge in [-0.05, 0) is 97.9 Å². The summed E-state index contributed by atoms with van der Waals surface area (Å²) >= 11 is 6.57. The molecule has 0 aliphatic carbocycles. The van der Waals surface area contributed by atoms with Gasteiger partial charge in [0.1, 0.15) is 9.75 Å². The van der Waals surface area contributed by atoms with E-state index in [-0.39, 0.29) is 0 Å². The molecule has 0 aromatic carbocycles. The van der Waals surface area contributed by atoms with E-state index in [0.717, 1.165) is 61.1 Å². The van der Waals surface area contributed by atoms with Crippen molar-refractivity contribution in [2.45, 2.75) is 156 Å². The van der Waals surface area contributed by atoms with Gasteiger partial charge >= 0.3 is 11.9 Å². The quantitative estimate of drug-likeness (QED) is 0.0661. The first-order valence-electron chi connectivity index (χ1n) is 19.3. The number of aromatic carboxylic acids is 2. The lowest BCUT2D eigenvalue weighted by Crippen LogP contribution is -1.91. The first kappa shape index (κ1) is 40.5. The number of carboxylic acid groups (broad SMARTS) is 2. The van der Waals surface area contributed by atoms with Gasteiger partial charge < -0.3 is 10.2 Å². The fourth-order valence-corrected chi connectivity index (χ4v) is 11.6. The number of hydrogen-bond donors (Lipinski definition) is 2. The Morgan fingerprint density at radius 2 is 0.700 bits per heavy atom. The lowest BCUT2D eigenvalue weighted by atomic mass is 10.0. The molecule has 0 amide bonds. The molecule has 0 atom stereocenters. The number of thiophene rings is 4. The lowest BCUT2D eigenvalue weighted by Gasteiger charge is -2.06. The van der Waals surface area contributed by atoms with Crippen molar-refractivity contribution in [2.75, 3.05) is 0 Å². The number of carbonyl (C=O) groups is 2. The van der Waals surface area contributed by atoms with Crippen LogP contribution in [-0.2, 0) is 25.7 Å². The molecular formula is C42H58O4S4. The van der Waals surface area contributed by atoms with Crippen LogP contribution in [-0.4, -0.2) is 22.2 Å². The molecule has 0 bridgehead atoms. The summed E-state index contributed by atoms with van der Waals surface area (Å²) in [7, 11) is 0. The second kappa shape index (κ2) is 21.3. The maximum Gasteiger partial charge on any atom is 0.345 e. The SMILES string of the molecule is CCCCCCc1cc(C(=O)O)sc1-c1sc(-c2cc(CCCCCC)c(-c3sc(C(=O)O)cc3CCCCCC)s2)cc1CCCCCC. The zero-order valence-electron chi connectivity index (χ0n) is 30.8. The minimum atomic E-state index is -0.838. The molecule has 4 rings (SSSR count). The van der Waals surface area contributed by atoms with Gasteiger partial charge in [-0.15, -0.1) is 45.3 Å². The van der Waals surface area contributed by atoms with Crippen molar-refractivity contribution in [3.8, 4) is 29.3 Å². The largest absolute Gasteiger partial charge is 0.477 e. The Hall–Kier alpha value is -2.26. The maximum absolute atomic E-state index is 12.2. The van der Waals surface area contributed by atoms with Crippen molar-refractivity contribution in [3.63, 3.8) is 0 Å². The average Bonchev–Trinajstić information content (AvgIpc) is 3.90. The smallest absolute Gasteiger partial charge is 0.345 e. The minimum Gasteiger partial charge on any atom is -0.477 e. The summed E-state index contributed by atoms with van der Waals surface area (Å²) in [6.45, 7) is 8.94. The van der Waals surface area contributed by atoms with Crippen LogP contribution in [0, 0.1) is 0 Å². The second-order valence-corrected chi connectivity index (χ2v) is 17.9. The van der Waals surface area contributed by atoms with E-state index in [9.17, 15) is 19.8 Å². The standard InChI is InChI=1S/C42H58O4S4/c1-5-9-13-17-21-29-25-33(47-37(29)39-31(23-19-15-11-7-3)27-35(49-39)41(43)44)34-26-30(22-18-14-10-6-2)38(48-34)40-32(24-20-16-12-8-4)28-36(50-40)42(45)46/h25-28H,5-24H2,1-4H3,(H,43,44)(H,45,46). The van der Waals surface area contributed by atoms with Crippen LogP contribution in [0.25, 0.3) is 29.3 Å². The molecule has 0 saturated heterocycles. The Morgan fingerprint density at radius 3 is 0.980 bits per heavy atom. The van der Waals surface area contributed by atoms with Gasteiger partial charge in [0.25, 0.3) is 0 Å². The van der Waals surface area contributed by atoms with Gasteiger partial charge in [-0.3, -0.25) is 0 Å². The van der Waals surface area contributed by atoms with Crippen LogP contribution in [0.1, 0.15) is 172 Å². The normalized spacial score (nSPS) is 11.5. The van der Waals surface area contributed by atoms with Crippen LogP contribution in [0.4, 0.5) is 0 Å². The molecule has 4 nitrogen and oxygen atoms in total. The number of carboxylic acids is 2. The third-order valence-corrected chi connectivity index (χ3v) is 14.7. The molecule has 2 N–H and O–H groups in total. The zero-order valence-corrected chi connectivity index (χ0v) is 34.1. The van der Waals surface area contributed by atoms with E-state index >= 15 is 0 Å². The molecule has 4 heterocycles. The van der Waals surface area contributed by atoms with Crippen LogP contribution in [0.3, 0.4) is 0 Å². The minimum absolute atomic E-state index is 0.434.